The second-order valence-corrected chi connectivity index (χ2v) is 7.82. The van der Waals surface area contributed by atoms with Crippen LogP contribution in [0.4, 0.5) is 0 Å². The van der Waals surface area contributed by atoms with Gasteiger partial charge in [-0.05, 0) is 50.0 Å². The molecular formula is C16H26ClN3O4S. The third-order valence-corrected chi connectivity index (χ3v) is 6.23. The first kappa shape index (κ1) is 21.7. The lowest BCUT2D eigenvalue weighted by atomic mass is 9.98. The van der Waals surface area contributed by atoms with E-state index in [1.165, 1.54) is 29.6 Å². The highest BCUT2D eigenvalue weighted by Crippen LogP contribution is 2.27. The maximum atomic E-state index is 12.8. The number of ether oxygens (including phenoxy) is 1. The van der Waals surface area contributed by atoms with Gasteiger partial charge in [0.2, 0.25) is 10.0 Å². The van der Waals surface area contributed by atoms with E-state index in [1.54, 1.807) is 0 Å². The number of primary amides is 1. The minimum atomic E-state index is -3.64. The fourth-order valence-corrected chi connectivity index (χ4v) is 4.39. The maximum absolute atomic E-state index is 12.8. The Bertz CT molecular complexity index is 689. The molecule has 2 rings (SSSR count). The first-order valence-electron chi connectivity index (χ1n) is 8.08. The molecule has 3 N–H and O–H groups in total. The molecule has 25 heavy (non-hydrogen) atoms. The average molecular weight is 392 g/mol. The first-order chi connectivity index (χ1) is 11.4. The van der Waals surface area contributed by atoms with Crippen molar-refractivity contribution in [3.05, 3.63) is 23.8 Å². The predicted octanol–water partition coefficient (Wildman–Crippen LogP) is 1.23. The average Bonchev–Trinajstić information content (AvgIpc) is 2.59. The van der Waals surface area contributed by atoms with Crippen molar-refractivity contribution in [2.24, 2.45) is 11.7 Å². The number of benzene rings is 1. The lowest BCUT2D eigenvalue weighted by Gasteiger charge is -2.31. The Morgan fingerprint density at radius 1 is 1.36 bits per heavy atom. The van der Waals surface area contributed by atoms with Gasteiger partial charge in [0, 0.05) is 13.1 Å². The quantitative estimate of drug-likeness (QED) is 0.727. The molecule has 7 nitrogen and oxygen atoms in total. The standard InChI is InChI=1S/C16H25N3O4S.ClH/c1-3-18-11-12-6-8-19(9-7-12)24(21,22)13-4-5-15(23-2)14(10-13)16(17)20;/h4-5,10,12,18H,3,6-9,11H2,1-2H3,(H2,17,20);1H. The van der Waals surface area contributed by atoms with Crippen LogP contribution in [0.3, 0.4) is 0 Å². The van der Waals surface area contributed by atoms with Crippen LogP contribution < -0.4 is 15.8 Å². The van der Waals surface area contributed by atoms with Crippen LogP contribution >= 0.6 is 12.4 Å². The van der Waals surface area contributed by atoms with Crippen LogP contribution in [0, 0.1) is 5.92 Å². The number of piperidine rings is 1. The van der Waals surface area contributed by atoms with Crippen LogP contribution in [0.25, 0.3) is 0 Å². The van der Waals surface area contributed by atoms with E-state index in [-0.39, 0.29) is 28.6 Å². The zero-order valence-corrected chi connectivity index (χ0v) is 16.2. The summed E-state index contributed by atoms with van der Waals surface area (Å²) in [6, 6.07) is 4.21. The van der Waals surface area contributed by atoms with E-state index in [2.05, 4.69) is 12.2 Å². The molecule has 0 aromatic heterocycles. The summed E-state index contributed by atoms with van der Waals surface area (Å²) < 4.78 is 32.1. The number of carbonyl (C=O) groups is 1. The Hall–Kier alpha value is -1.35. The molecule has 0 saturated carbocycles. The number of rotatable bonds is 7. The first-order valence-corrected chi connectivity index (χ1v) is 9.52. The molecule has 1 aromatic rings. The summed E-state index contributed by atoms with van der Waals surface area (Å²) in [5.74, 6) is 0.0486. The number of carbonyl (C=O) groups excluding carboxylic acids is 1. The highest BCUT2D eigenvalue weighted by Gasteiger charge is 2.30. The van der Waals surface area contributed by atoms with E-state index in [1.807, 2.05) is 0 Å². The van der Waals surface area contributed by atoms with Crippen LogP contribution in [0.2, 0.25) is 0 Å². The molecule has 142 valence electrons. The highest BCUT2D eigenvalue weighted by atomic mass is 35.5. The SMILES string of the molecule is CCNCC1CCN(S(=O)(=O)c2ccc(OC)c(C(N)=O)c2)CC1.Cl. The number of amides is 1. The van der Waals surface area contributed by atoms with Gasteiger partial charge in [-0.3, -0.25) is 4.79 Å². The van der Waals surface area contributed by atoms with Gasteiger partial charge >= 0.3 is 0 Å². The van der Waals surface area contributed by atoms with Gasteiger partial charge in [-0.15, -0.1) is 12.4 Å². The van der Waals surface area contributed by atoms with Crippen molar-refractivity contribution < 1.29 is 17.9 Å². The number of nitrogens with one attached hydrogen (secondary N) is 1. The maximum Gasteiger partial charge on any atom is 0.252 e. The molecule has 1 heterocycles. The van der Waals surface area contributed by atoms with Crippen LogP contribution in [0.1, 0.15) is 30.1 Å². The minimum Gasteiger partial charge on any atom is -0.496 e. The molecule has 0 aliphatic carbocycles. The van der Waals surface area contributed by atoms with Crippen molar-refractivity contribution in [1.82, 2.24) is 9.62 Å². The number of methoxy groups -OCH3 is 1. The molecule has 1 aliphatic rings. The van der Waals surface area contributed by atoms with Gasteiger partial charge in [-0.1, -0.05) is 6.92 Å². The summed E-state index contributed by atoms with van der Waals surface area (Å²) in [4.78, 5) is 11.6. The second-order valence-electron chi connectivity index (χ2n) is 5.88. The van der Waals surface area contributed by atoms with E-state index in [4.69, 9.17) is 10.5 Å². The Balaban J connectivity index is 0.00000312. The Morgan fingerprint density at radius 3 is 2.52 bits per heavy atom. The zero-order chi connectivity index (χ0) is 17.7. The fraction of sp³-hybridized carbons (Fsp3) is 0.562. The van der Waals surface area contributed by atoms with Crippen molar-refractivity contribution >= 4 is 28.3 Å². The Morgan fingerprint density at radius 2 is 2.00 bits per heavy atom. The molecule has 1 amide bonds. The van der Waals surface area contributed by atoms with Crippen LogP contribution in [-0.2, 0) is 10.0 Å². The van der Waals surface area contributed by atoms with Gasteiger partial charge < -0.3 is 15.8 Å². The third kappa shape index (κ3) is 5.07. The molecule has 0 spiro atoms. The molecule has 1 saturated heterocycles. The molecule has 0 bridgehead atoms. The van der Waals surface area contributed by atoms with Gasteiger partial charge in [0.1, 0.15) is 5.75 Å². The minimum absolute atomic E-state index is 0. The summed E-state index contributed by atoms with van der Waals surface area (Å²) in [5.41, 5.74) is 5.38. The van der Waals surface area contributed by atoms with Crippen LogP contribution in [0.5, 0.6) is 5.75 Å². The van der Waals surface area contributed by atoms with Crippen molar-refractivity contribution in [2.45, 2.75) is 24.7 Å². The number of hydrogen-bond acceptors (Lipinski definition) is 5. The van der Waals surface area contributed by atoms with Gasteiger partial charge in [0.25, 0.3) is 5.91 Å². The second kappa shape index (κ2) is 9.38. The smallest absolute Gasteiger partial charge is 0.252 e. The van der Waals surface area contributed by atoms with E-state index in [9.17, 15) is 13.2 Å². The van der Waals surface area contributed by atoms with Crippen molar-refractivity contribution in [1.29, 1.82) is 0 Å². The van der Waals surface area contributed by atoms with Crippen LogP contribution in [-0.4, -0.2) is 51.9 Å². The number of sulfonamides is 1. The van der Waals surface area contributed by atoms with Gasteiger partial charge in [0.15, 0.2) is 0 Å². The fourth-order valence-electron chi connectivity index (χ4n) is 2.89. The normalized spacial score (nSPS) is 16.2. The number of halogens is 1. The summed E-state index contributed by atoms with van der Waals surface area (Å²) in [7, 11) is -2.23. The summed E-state index contributed by atoms with van der Waals surface area (Å²) >= 11 is 0. The summed E-state index contributed by atoms with van der Waals surface area (Å²) in [5, 5.41) is 3.30. The largest absolute Gasteiger partial charge is 0.496 e. The molecule has 1 aliphatic heterocycles. The molecule has 0 radical (unpaired) electrons. The topological polar surface area (TPSA) is 102 Å². The predicted molar refractivity (Wildman–Crippen MR) is 98.8 cm³/mol. The van der Waals surface area contributed by atoms with Gasteiger partial charge in [-0.2, -0.15) is 4.31 Å². The molecule has 0 unspecified atom stereocenters. The zero-order valence-electron chi connectivity index (χ0n) is 14.5. The molecule has 1 aromatic carbocycles. The van der Waals surface area contributed by atoms with Gasteiger partial charge in [0.05, 0.1) is 17.6 Å². The van der Waals surface area contributed by atoms with E-state index < -0.39 is 15.9 Å². The van der Waals surface area contributed by atoms with Crippen LogP contribution in [0.15, 0.2) is 23.1 Å². The monoisotopic (exact) mass is 391 g/mol. The lowest BCUT2D eigenvalue weighted by molar-refractivity contribution is 0.0997. The Kier molecular flexibility index (Phi) is 8.14. The van der Waals surface area contributed by atoms with E-state index in [0.717, 1.165) is 25.9 Å². The van der Waals surface area contributed by atoms with E-state index >= 15 is 0 Å². The summed E-state index contributed by atoms with van der Waals surface area (Å²) in [6.07, 6.45) is 1.65. The Labute approximate surface area is 155 Å². The number of hydrogen-bond donors (Lipinski definition) is 2. The van der Waals surface area contributed by atoms with E-state index in [0.29, 0.717) is 19.0 Å². The van der Waals surface area contributed by atoms with Crippen molar-refractivity contribution in [3.63, 3.8) is 0 Å². The summed E-state index contributed by atoms with van der Waals surface area (Å²) in [6.45, 7) is 4.85. The molecule has 0 atom stereocenters. The lowest BCUT2D eigenvalue weighted by Crippen LogP contribution is -2.40. The molecule has 9 heteroatoms. The highest BCUT2D eigenvalue weighted by molar-refractivity contribution is 7.89. The van der Waals surface area contributed by atoms with Crippen molar-refractivity contribution in [2.75, 3.05) is 33.3 Å². The molecule has 1 fully saturated rings. The number of nitrogens with zero attached hydrogens (tertiary/aromatic N) is 1. The van der Waals surface area contributed by atoms with Gasteiger partial charge in [-0.25, -0.2) is 8.42 Å². The third-order valence-electron chi connectivity index (χ3n) is 4.33. The molecular weight excluding hydrogens is 366 g/mol. The van der Waals surface area contributed by atoms with Crippen molar-refractivity contribution in [3.8, 4) is 5.75 Å². The number of nitrogens with two attached hydrogens (primary N) is 1.